The van der Waals surface area contributed by atoms with E-state index in [2.05, 4.69) is 20.9 Å². The number of aromatic nitrogens is 2. The van der Waals surface area contributed by atoms with Crippen LogP contribution in [0.25, 0.3) is 11.0 Å². The molecule has 0 spiro atoms. The summed E-state index contributed by atoms with van der Waals surface area (Å²) < 4.78 is 15.3. The number of aryl methyl sites for hydroxylation is 1. The molecular formula is C17H18FN3. The number of halogens is 1. The van der Waals surface area contributed by atoms with E-state index in [1.165, 1.54) is 6.07 Å². The first-order chi connectivity index (χ1) is 10.1. The van der Waals surface area contributed by atoms with Crippen molar-refractivity contribution in [2.45, 2.75) is 19.5 Å². The molecule has 0 aliphatic carbocycles. The summed E-state index contributed by atoms with van der Waals surface area (Å²) in [5, 5.41) is 3.39. The molecule has 3 aromatic rings. The predicted molar refractivity (Wildman–Crippen MR) is 82.4 cm³/mol. The standard InChI is InChI=1S/C17H18FN3/c1-12(13-6-5-7-14(18)10-13)19-11-17-20-15-8-3-4-9-16(15)21(17)2/h3-10,12,19H,11H2,1-2H3/t12-/m1/s1. The lowest BCUT2D eigenvalue weighted by Gasteiger charge is -2.14. The van der Waals surface area contributed by atoms with Crippen LogP contribution in [0, 0.1) is 5.82 Å². The second-order valence-electron chi connectivity index (χ2n) is 5.23. The van der Waals surface area contributed by atoms with Crippen LogP contribution in [0.1, 0.15) is 24.4 Å². The van der Waals surface area contributed by atoms with E-state index in [4.69, 9.17) is 0 Å². The van der Waals surface area contributed by atoms with Gasteiger partial charge in [-0.3, -0.25) is 0 Å². The van der Waals surface area contributed by atoms with Gasteiger partial charge in [0, 0.05) is 13.1 Å². The van der Waals surface area contributed by atoms with E-state index in [0.29, 0.717) is 6.54 Å². The molecule has 0 bridgehead atoms. The maximum atomic E-state index is 13.3. The summed E-state index contributed by atoms with van der Waals surface area (Å²) in [6.07, 6.45) is 0. The molecule has 0 unspecified atom stereocenters. The molecule has 4 heteroatoms. The maximum Gasteiger partial charge on any atom is 0.123 e. The van der Waals surface area contributed by atoms with Gasteiger partial charge in [0.2, 0.25) is 0 Å². The molecule has 1 N–H and O–H groups in total. The highest BCUT2D eigenvalue weighted by atomic mass is 19.1. The molecule has 0 amide bonds. The van der Waals surface area contributed by atoms with Gasteiger partial charge in [-0.15, -0.1) is 0 Å². The van der Waals surface area contributed by atoms with Crippen LogP contribution >= 0.6 is 0 Å². The number of imidazole rings is 1. The lowest BCUT2D eigenvalue weighted by atomic mass is 10.1. The average Bonchev–Trinajstić information content (AvgIpc) is 2.82. The SMILES string of the molecule is C[C@@H](NCc1nc2ccccc2n1C)c1cccc(F)c1. The van der Waals surface area contributed by atoms with E-state index < -0.39 is 0 Å². The number of rotatable bonds is 4. The zero-order valence-electron chi connectivity index (χ0n) is 12.2. The molecular weight excluding hydrogens is 265 g/mol. The van der Waals surface area contributed by atoms with Gasteiger partial charge in [-0.2, -0.15) is 0 Å². The third-order valence-electron chi connectivity index (χ3n) is 3.79. The Morgan fingerprint density at radius 3 is 2.76 bits per heavy atom. The largest absolute Gasteiger partial charge is 0.330 e. The van der Waals surface area contributed by atoms with Crippen LogP contribution < -0.4 is 5.32 Å². The molecule has 1 atom stereocenters. The van der Waals surface area contributed by atoms with Crippen molar-refractivity contribution in [3.05, 3.63) is 65.7 Å². The quantitative estimate of drug-likeness (QED) is 0.793. The molecule has 3 nitrogen and oxygen atoms in total. The summed E-state index contributed by atoms with van der Waals surface area (Å²) >= 11 is 0. The molecule has 0 fully saturated rings. The van der Waals surface area contributed by atoms with Crippen LogP contribution in [0.5, 0.6) is 0 Å². The molecule has 0 saturated heterocycles. The van der Waals surface area contributed by atoms with E-state index in [0.717, 1.165) is 22.4 Å². The van der Waals surface area contributed by atoms with Crippen molar-refractivity contribution in [1.82, 2.24) is 14.9 Å². The van der Waals surface area contributed by atoms with Crippen LogP contribution in [-0.2, 0) is 13.6 Å². The fourth-order valence-corrected chi connectivity index (χ4v) is 2.49. The Balaban J connectivity index is 1.75. The number of benzene rings is 2. The minimum Gasteiger partial charge on any atom is -0.330 e. The van der Waals surface area contributed by atoms with Gasteiger partial charge in [0.1, 0.15) is 11.6 Å². The van der Waals surface area contributed by atoms with Crippen molar-refractivity contribution in [2.24, 2.45) is 7.05 Å². The molecule has 1 heterocycles. The number of hydrogen-bond acceptors (Lipinski definition) is 2. The van der Waals surface area contributed by atoms with Gasteiger partial charge < -0.3 is 9.88 Å². The topological polar surface area (TPSA) is 29.9 Å². The first-order valence-corrected chi connectivity index (χ1v) is 7.04. The Labute approximate surface area is 123 Å². The van der Waals surface area contributed by atoms with E-state index >= 15 is 0 Å². The molecule has 2 aromatic carbocycles. The fourth-order valence-electron chi connectivity index (χ4n) is 2.49. The summed E-state index contributed by atoms with van der Waals surface area (Å²) in [5.41, 5.74) is 3.05. The van der Waals surface area contributed by atoms with Crippen molar-refractivity contribution < 1.29 is 4.39 Å². The van der Waals surface area contributed by atoms with Crippen LogP contribution in [-0.4, -0.2) is 9.55 Å². The number of para-hydroxylation sites is 2. The Morgan fingerprint density at radius 1 is 1.19 bits per heavy atom. The average molecular weight is 283 g/mol. The second-order valence-corrected chi connectivity index (χ2v) is 5.23. The lowest BCUT2D eigenvalue weighted by Crippen LogP contribution is -2.20. The molecule has 0 aliphatic rings. The summed E-state index contributed by atoms with van der Waals surface area (Å²) in [7, 11) is 2.01. The zero-order valence-corrected chi connectivity index (χ0v) is 12.2. The zero-order chi connectivity index (χ0) is 14.8. The van der Waals surface area contributed by atoms with Gasteiger partial charge in [-0.05, 0) is 36.8 Å². The molecule has 0 radical (unpaired) electrons. The van der Waals surface area contributed by atoms with Gasteiger partial charge >= 0.3 is 0 Å². The van der Waals surface area contributed by atoms with Crippen molar-refractivity contribution in [3.8, 4) is 0 Å². The van der Waals surface area contributed by atoms with Crippen LogP contribution in [0.15, 0.2) is 48.5 Å². The highest BCUT2D eigenvalue weighted by molar-refractivity contribution is 5.75. The second kappa shape index (κ2) is 5.66. The van der Waals surface area contributed by atoms with E-state index in [9.17, 15) is 4.39 Å². The molecule has 1 aromatic heterocycles. The highest BCUT2D eigenvalue weighted by Gasteiger charge is 2.10. The summed E-state index contributed by atoms with van der Waals surface area (Å²) in [4.78, 5) is 4.62. The summed E-state index contributed by atoms with van der Waals surface area (Å²) in [6, 6.07) is 14.8. The first kappa shape index (κ1) is 13.8. The Kier molecular flexibility index (Phi) is 3.71. The molecule has 21 heavy (non-hydrogen) atoms. The van der Waals surface area contributed by atoms with Gasteiger partial charge in [-0.1, -0.05) is 24.3 Å². The van der Waals surface area contributed by atoms with Crippen molar-refractivity contribution in [3.63, 3.8) is 0 Å². The molecule has 3 rings (SSSR count). The summed E-state index contributed by atoms with van der Waals surface area (Å²) in [5.74, 6) is 0.767. The Hall–Kier alpha value is -2.20. The fraction of sp³-hybridized carbons (Fsp3) is 0.235. The van der Waals surface area contributed by atoms with Crippen LogP contribution in [0.2, 0.25) is 0 Å². The van der Waals surface area contributed by atoms with E-state index in [-0.39, 0.29) is 11.9 Å². The first-order valence-electron chi connectivity index (χ1n) is 7.04. The normalized spacial score (nSPS) is 12.7. The van der Waals surface area contributed by atoms with Gasteiger partial charge in [0.25, 0.3) is 0 Å². The van der Waals surface area contributed by atoms with Crippen LogP contribution in [0.3, 0.4) is 0 Å². The highest BCUT2D eigenvalue weighted by Crippen LogP contribution is 2.17. The van der Waals surface area contributed by atoms with Gasteiger partial charge in [0.15, 0.2) is 0 Å². The van der Waals surface area contributed by atoms with E-state index in [1.807, 2.05) is 38.2 Å². The van der Waals surface area contributed by atoms with Crippen molar-refractivity contribution in [1.29, 1.82) is 0 Å². The lowest BCUT2D eigenvalue weighted by molar-refractivity contribution is 0.545. The predicted octanol–water partition coefficient (Wildman–Crippen LogP) is 3.56. The Morgan fingerprint density at radius 2 is 2.00 bits per heavy atom. The third kappa shape index (κ3) is 2.81. The minimum atomic E-state index is -0.205. The smallest absolute Gasteiger partial charge is 0.123 e. The number of hydrogen-bond donors (Lipinski definition) is 1. The molecule has 108 valence electrons. The maximum absolute atomic E-state index is 13.3. The summed E-state index contributed by atoms with van der Waals surface area (Å²) in [6.45, 7) is 2.67. The minimum absolute atomic E-state index is 0.0699. The number of nitrogens with one attached hydrogen (secondary N) is 1. The Bertz CT molecular complexity index is 764. The van der Waals surface area contributed by atoms with Gasteiger partial charge in [-0.25, -0.2) is 9.37 Å². The molecule has 0 aliphatic heterocycles. The van der Waals surface area contributed by atoms with Gasteiger partial charge in [0.05, 0.1) is 17.6 Å². The van der Waals surface area contributed by atoms with Crippen molar-refractivity contribution in [2.75, 3.05) is 0 Å². The number of fused-ring (bicyclic) bond motifs is 1. The van der Waals surface area contributed by atoms with E-state index in [1.54, 1.807) is 12.1 Å². The van der Waals surface area contributed by atoms with Crippen LogP contribution in [0.4, 0.5) is 4.39 Å². The molecule has 0 saturated carbocycles. The monoisotopic (exact) mass is 283 g/mol. The third-order valence-corrected chi connectivity index (χ3v) is 3.79. The number of nitrogens with zero attached hydrogens (tertiary/aromatic N) is 2. The van der Waals surface area contributed by atoms with Crippen molar-refractivity contribution >= 4 is 11.0 Å².